The topological polar surface area (TPSA) is 40.5 Å². The largest absolute Gasteiger partial charge is 0.478 e. The highest BCUT2D eigenvalue weighted by Gasteiger charge is 2.17. The highest BCUT2D eigenvalue weighted by atomic mass is 35.5. The summed E-state index contributed by atoms with van der Waals surface area (Å²) in [5, 5.41) is 9.96. The number of carboxylic acid groups (broad SMARTS) is 1. The quantitative estimate of drug-likeness (QED) is 0.892. The van der Waals surface area contributed by atoms with Crippen LogP contribution >= 0.6 is 11.6 Å². The summed E-state index contributed by atoms with van der Waals surface area (Å²) in [6.45, 7) is 1.94. The van der Waals surface area contributed by atoms with E-state index in [1.165, 1.54) is 6.42 Å². The molecule has 0 amide bonds. The van der Waals surface area contributed by atoms with Crippen molar-refractivity contribution in [1.29, 1.82) is 0 Å². The summed E-state index contributed by atoms with van der Waals surface area (Å²) >= 11 is 6.11. The molecule has 1 aliphatic heterocycles. The van der Waals surface area contributed by atoms with E-state index < -0.39 is 5.97 Å². The van der Waals surface area contributed by atoms with Gasteiger partial charge in [-0.1, -0.05) is 29.8 Å². The van der Waals surface area contributed by atoms with Gasteiger partial charge in [0.25, 0.3) is 0 Å². The summed E-state index contributed by atoms with van der Waals surface area (Å²) in [5.41, 5.74) is 3.37. The van der Waals surface area contributed by atoms with Gasteiger partial charge in [0.05, 0.1) is 5.56 Å². The molecule has 0 radical (unpaired) electrons. The molecular formula is C18H18ClNO2. The second-order valence-corrected chi connectivity index (χ2v) is 6.03. The fraction of sp³-hybridized carbons (Fsp3) is 0.278. The SMILES string of the molecule is O=C(O)c1ccc(-c2cccc(Cl)c2)c(N2CCCCC2)c1. The van der Waals surface area contributed by atoms with E-state index in [4.69, 9.17) is 11.6 Å². The second kappa shape index (κ2) is 6.41. The molecule has 2 aromatic carbocycles. The van der Waals surface area contributed by atoms with E-state index in [2.05, 4.69) is 4.90 Å². The summed E-state index contributed by atoms with van der Waals surface area (Å²) < 4.78 is 0. The lowest BCUT2D eigenvalue weighted by Crippen LogP contribution is -2.30. The van der Waals surface area contributed by atoms with Crippen LogP contribution < -0.4 is 4.90 Å². The van der Waals surface area contributed by atoms with Crippen molar-refractivity contribution in [2.75, 3.05) is 18.0 Å². The molecule has 0 aliphatic carbocycles. The lowest BCUT2D eigenvalue weighted by Gasteiger charge is -2.31. The number of rotatable bonds is 3. The van der Waals surface area contributed by atoms with Crippen LogP contribution in [0.25, 0.3) is 11.1 Å². The van der Waals surface area contributed by atoms with E-state index in [0.717, 1.165) is 42.7 Å². The second-order valence-electron chi connectivity index (χ2n) is 5.60. The Balaban J connectivity index is 2.09. The molecule has 0 spiro atoms. The third-order valence-corrected chi connectivity index (χ3v) is 4.31. The van der Waals surface area contributed by atoms with Gasteiger partial charge in [-0.05, 0) is 49.1 Å². The van der Waals surface area contributed by atoms with Crippen molar-refractivity contribution in [2.45, 2.75) is 19.3 Å². The summed E-state index contributed by atoms with van der Waals surface area (Å²) in [5.74, 6) is -0.893. The van der Waals surface area contributed by atoms with Gasteiger partial charge < -0.3 is 10.0 Å². The molecule has 0 aromatic heterocycles. The van der Waals surface area contributed by atoms with Crippen molar-refractivity contribution in [1.82, 2.24) is 0 Å². The van der Waals surface area contributed by atoms with Gasteiger partial charge in [-0.25, -0.2) is 4.79 Å². The smallest absolute Gasteiger partial charge is 0.335 e. The first-order valence-electron chi connectivity index (χ1n) is 7.53. The Kier molecular flexibility index (Phi) is 4.34. The predicted octanol–water partition coefficient (Wildman–Crippen LogP) is 4.70. The number of piperidine rings is 1. The molecule has 1 saturated heterocycles. The number of anilines is 1. The highest BCUT2D eigenvalue weighted by molar-refractivity contribution is 6.30. The van der Waals surface area contributed by atoms with Crippen LogP contribution in [0.5, 0.6) is 0 Å². The van der Waals surface area contributed by atoms with Crippen LogP contribution in [0.15, 0.2) is 42.5 Å². The molecule has 1 aliphatic rings. The number of benzene rings is 2. The Labute approximate surface area is 135 Å². The van der Waals surface area contributed by atoms with E-state index in [9.17, 15) is 9.90 Å². The molecule has 22 heavy (non-hydrogen) atoms. The van der Waals surface area contributed by atoms with Crippen LogP contribution in [0.3, 0.4) is 0 Å². The van der Waals surface area contributed by atoms with Gasteiger partial charge in [0.15, 0.2) is 0 Å². The molecule has 114 valence electrons. The van der Waals surface area contributed by atoms with Crippen LogP contribution in [-0.2, 0) is 0 Å². The van der Waals surface area contributed by atoms with E-state index in [1.807, 2.05) is 30.3 Å². The van der Waals surface area contributed by atoms with E-state index in [0.29, 0.717) is 10.6 Å². The number of halogens is 1. The Morgan fingerprint density at radius 3 is 2.50 bits per heavy atom. The number of aromatic carboxylic acids is 1. The number of hydrogen-bond donors (Lipinski definition) is 1. The monoisotopic (exact) mass is 315 g/mol. The van der Waals surface area contributed by atoms with Crippen molar-refractivity contribution in [3.63, 3.8) is 0 Å². The third-order valence-electron chi connectivity index (χ3n) is 4.08. The van der Waals surface area contributed by atoms with Crippen molar-refractivity contribution in [2.24, 2.45) is 0 Å². The van der Waals surface area contributed by atoms with Gasteiger partial charge in [-0.3, -0.25) is 0 Å². The maximum Gasteiger partial charge on any atom is 0.335 e. The molecule has 3 rings (SSSR count). The minimum absolute atomic E-state index is 0.325. The van der Waals surface area contributed by atoms with Crippen LogP contribution in [-0.4, -0.2) is 24.2 Å². The van der Waals surface area contributed by atoms with Gasteiger partial charge in [-0.15, -0.1) is 0 Å². The van der Waals surface area contributed by atoms with Gasteiger partial charge in [0.1, 0.15) is 0 Å². The first-order chi connectivity index (χ1) is 10.6. The highest BCUT2D eigenvalue weighted by Crippen LogP contribution is 2.34. The fourth-order valence-electron chi connectivity index (χ4n) is 2.96. The van der Waals surface area contributed by atoms with Crippen molar-refractivity contribution >= 4 is 23.3 Å². The first kappa shape index (κ1) is 14.9. The molecule has 3 nitrogen and oxygen atoms in total. The molecule has 0 unspecified atom stereocenters. The van der Waals surface area contributed by atoms with Crippen LogP contribution in [0, 0.1) is 0 Å². The zero-order valence-corrected chi connectivity index (χ0v) is 13.0. The molecule has 1 fully saturated rings. The van der Waals surface area contributed by atoms with Crippen LogP contribution in [0.1, 0.15) is 29.6 Å². The zero-order chi connectivity index (χ0) is 15.5. The molecule has 1 heterocycles. The van der Waals surface area contributed by atoms with E-state index in [-0.39, 0.29) is 0 Å². The summed E-state index contributed by atoms with van der Waals surface area (Å²) in [6.07, 6.45) is 3.53. The van der Waals surface area contributed by atoms with E-state index in [1.54, 1.807) is 12.1 Å². The summed E-state index contributed by atoms with van der Waals surface area (Å²) in [6, 6.07) is 13.0. The average molecular weight is 316 g/mol. The van der Waals surface area contributed by atoms with Gasteiger partial charge in [-0.2, -0.15) is 0 Å². The van der Waals surface area contributed by atoms with Gasteiger partial charge in [0.2, 0.25) is 0 Å². The lowest BCUT2D eigenvalue weighted by molar-refractivity contribution is 0.0697. The Hall–Kier alpha value is -2.00. The number of hydrogen-bond acceptors (Lipinski definition) is 2. The third kappa shape index (κ3) is 3.09. The van der Waals surface area contributed by atoms with Gasteiger partial charge >= 0.3 is 5.97 Å². The van der Waals surface area contributed by atoms with Crippen molar-refractivity contribution < 1.29 is 9.90 Å². The maximum absolute atomic E-state index is 11.3. The zero-order valence-electron chi connectivity index (χ0n) is 12.3. The van der Waals surface area contributed by atoms with Crippen molar-refractivity contribution in [3.05, 3.63) is 53.1 Å². The standard InChI is InChI=1S/C18H18ClNO2/c19-15-6-4-5-13(11-15)16-8-7-14(18(21)22)12-17(16)20-9-2-1-3-10-20/h4-8,11-12H,1-3,9-10H2,(H,21,22). The minimum atomic E-state index is -0.893. The minimum Gasteiger partial charge on any atom is -0.478 e. The molecular weight excluding hydrogens is 298 g/mol. The molecule has 0 bridgehead atoms. The Bertz CT molecular complexity index is 693. The first-order valence-corrected chi connectivity index (χ1v) is 7.91. The fourth-order valence-corrected chi connectivity index (χ4v) is 3.15. The maximum atomic E-state index is 11.3. The van der Waals surface area contributed by atoms with Crippen LogP contribution in [0.4, 0.5) is 5.69 Å². The predicted molar refractivity (Wildman–Crippen MR) is 89.9 cm³/mol. The molecule has 0 atom stereocenters. The average Bonchev–Trinajstić information content (AvgIpc) is 2.55. The normalized spacial score (nSPS) is 14.9. The molecule has 4 heteroatoms. The molecule has 2 aromatic rings. The molecule has 1 N–H and O–H groups in total. The van der Waals surface area contributed by atoms with E-state index >= 15 is 0 Å². The lowest BCUT2D eigenvalue weighted by atomic mass is 9.99. The number of carboxylic acids is 1. The number of nitrogens with zero attached hydrogens (tertiary/aromatic N) is 1. The summed E-state index contributed by atoms with van der Waals surface area (Å²) in [7, 11) is 0. The summed E-state index contributed by atoms with van der Waals surface area (Å²) in [4.78, 5) is 13.6. The molecule has 0 saturated carbocycles. The number of carbonyl (C=O) groups is 1. The van der Waals surface area contributed by atoms with Crippen molar-refractivity contribution in [3.8, 4) is 11.1 Å². The Morgan fingerprint density at radius 2 is 1.82 bits per heavy atom. The van der Waals surface area contributed by atoms with Crippen LogP contribution in [0.2, 0.25) is 5.02 Å². The Morgan fingerprint density at radius 1 is 1.05 bits per heavy atom. The van der Waals surface area contributed by atoms with Gasteiger partial charge in [0, 0.05) is 29.4 Å².